The van der Waals surface area contributed by atoms with Crippen molar-refractivity contribution in [1.29, 1.82) is 0 Å². The summed E-state index contributed by atoms with van der Waals surface area (Å²) in [7, 11) is 0. The van der Waals surface area contributed by atoms with E-state index >= 15 is 0 Å². The molecular weight excluding hydrogens is 227 g/mol. The average molecular weight is 240 g/mol. The van der Waals surface area contributed by atoms with Crippen LogP contribution in [0.5, 0.6) is 0 Å². The Bertz CT molecular complexity index is 181. The van der Waals surface area contributed by atoms with E-state index in [1.54, 1.807) is 13.8 Å². The van der Waals surface area contributed by atoms with Gasteiger partial charge in [0.05, 0.1) is 0 Å². The quantitative estimate of drug-likeness (QED) is 0.691. The van der Waals surface area contributed by atoms with E-state index in [2.05, 4.69) is 15.9 Å². The van der Waals surface area contributed by atoms with E-state index in [0.29, 0.717) is 11.5 Å². The lowest BCUT2D eigenvalue weighted by molar-refractivity contribution is -0.117. The standard InChI is InChI=1S/C8H12BrClO/c1-6(10)4-8(3,9)5-7(2)11/h4H,5H2,1-3H3. The molecule has 1 atom stereocenters. The van der Waals surface area contributed by atoms with Crippen LogP contribution < -0.4 is 0 Å². The smallest absolute Gasteiger partial charge is 0.131 e. The fourth-order valence-corrected chi connectivity index (χ4v) is 2.06. The highest BCUT2D eigenvalue weighted by Crippen LogP contribution is 2.26. The fraction of sp³-hybridized carbons (Fsp3) is 0.625. The Morgan fingerprint density at radius 3 is 2.36 bits per heavy atom. The topological polar surface area (TPSA) is 17.1 Å². The van der Waals surface area contributed by atoms with E-state index in [0.717, 1.165) is 0 Å². The molecule has 0 saturated heterocycles. The Morgan fingerprint density at radius 2 is 2.09 bits per heavy atom. The van der Waals surface area contributed by atoms with Crippen LogP contribution in [0.3, 0.4) is 0 Å². The number of rotatable bonds is 3. The summed E-state index contributed by atoms with van der Waals surface area (Å²) in [5.74, 6) is 0.151. The number of allylic oxidation sites excluding steroid dienone is 2. The number of alkyl halides is 1. The summed E-state index contributed by atoms with van der Waals surface area (Å²) < 4.78 is -0.287. The first kappa shape index (κ1) is 11.2. The van der Waals surface area contributed by atoms with Crippen LogP contribution >= 0.6 is 27.5 Å². The number of carbonyl (C=O) groups excluding carboxylic acids is 1. The predicted octanol–water partition coefficient (Wildman–Crippen LogP) is 3.26. The Hall–Kier alpha value is 0.180. The number of Topliss-reactive ketones (excluding diaryl/α,β-unsaturated/α-hetero) is 1. The van der Waals surface area contributed by atoms with Gasteiger partial charge in [0.25, 0.3) is 0 Å². The molecule has 64 valence electrons. The monoisotopic (exact) mass is 238 g/mol. The second-order valence-electron chi connectivity index (χ2n) is 2.89. The highest BCUT2D eigenvalue weighted by Gasteiger charge is 2.18. The maximum Gasteiger partial charge on any atom is 0.131 e. The van der Waals surface area contributed by atoms with Crippen molar-refractivity contribution in [3.05, 3.63) is 11.1 Å². The van der Waals surface area contributed by atoms with Gasteiger partial charge >= 0.3 is 0 Å². The van der Waals surface area contributed by atoms with Crippen LogP contribution in [-0.2, 0) is 4.79 Å². The van der Waals surface area contributed by atoms with Crippen molar-refractivity contribution in [3.63, 3.8) is 0 Å². The third-order valence-electron chi connectivity index (χ3n) is 1.09. The molecule has 11 heavy (non-hydrogen) atoms. The van der Waals surface area contributed by atoms with E-state index in [-0.39, 0.29) is 10.1 Å². The molecule has 0 heterocycles. The van der Waals surface area contributed by atoms with Crippen molar-refractivity contribution in [2.75, 3.05) is 0 Å². The van der Waals surface area contributed by atoms with Crippen LogP contribution in [0.2, 0.25) is 0 Å². The van der Waals surface area contributed by atoms with Crippen molar-refractivity contribution in [3.8, 4) is 0 Å². The molecule has 0 aromatic rings. The molecule has 3 heteroatoms. The van der Waals surface area contributed by atoms with Crippen molar-refractivity contribution >= 4 is 33.3 Å². The first-order valence-corrected chi connectivity index (χ1v) is 4.54. The molecule has 0 saturated carbocycles. The lowest BCUT2D eigenvalue weighted by atomic mass is 10.1. The number of carbonyl (C=O) groups is 1. The maximum absolute atomic E-state index is 10.7. The van der Waals surface area contributed by atoms with Gasteiger partial charge in [-0.3, -0.25) is 4.79 Å². The molecule has 0 aromatic carbocycles. The van der Waals surface area contributed by atoms with Gasteiger partial charge in [-0.2, -0.15) is 0 Å². The first-order valence-electron chi connectivity index (χ1n) is 3.37. The Labute approximate surface area is 80.9 Å². The number of hydrogen-bond donors (Lipinski definition) is 0. The van der Waals surface area contributed by atoms with Crippen molar-refractivity contribution in [1.82, 2.24) is 0 Å². The first-order chi connectivity index (χ1) is 4.83. The van der Waals surface area contributed by atoms with Gasteiger partial charge in [-0.1, -0.05) is 33.6 Å². The summed E-state index contributed by atoms with van der Waals surface area (Å²) in [5.41, 5.74) is 0. The molecule has 0 aliphatic rings. The van der Waals surface area contributed by atoms with Gasteiger partial charge < -0.3 is 0 Å². The zero-order valence-electron chi connectivity index (χ0n) is 6.95. The molecule has 0 fully saturated rings. The average Bonchev–Trinajstić information content (AvgIpc) is 1.53. The van der Waals surface area contributed by atoms with E-state index in [9.17, 15) is 4.79 Å². The van der Waals surface area contributed by atoms with Crippen molar-refractivity contribution < 1.29 is 4.79 Å². The van der Waals surface area contributed by atoms with Gasteiger partial charge in [-0.25, -0.2) is 0 Å². The molecule has 0 aromatic heterocycles. The Morgan fingerprint density at radius 1 is 1.64 bits per heavy atom. The van der Waals surface area contributed by atoms with Crippen LogP contribution in [0, 0.1) is 0 Å². The lowest BCUT2D eigenvalue weighted by Crippen LogP contribution is -2.16. The number of hydrogen-bond acceptors (Lipinski definition) is 1. The molecule has 0 rings (SSSR count). The summed E-state index contributed by atoms with van der Waals surface area (Å²) in [6, 6.07) is 0. The van der Waals surface area contributed by atoms with Crippen molar-refractivity contribution in [2.45, 2.75) is 31.5 Å². The van der Waals surface area contributed by atoms with Crippen LogP contribution in [0.4, 0.5) is 0 Å². The molecule has 1 nitrogen and oxygen atoms in total. The Balaban J connectivity index is 4.22. The largest absolute Gasteiger partial charge is 0.300 e. The number of ketones is 1. The molecule has 0 aliphatic heterocycles. The Kier molecular flexibility index (Phi) is 4.34. The molecule has 0 bridgehead atoms. The van der Waals surface area contributed by atoms with Gasteiger partial charge in [-0.05, 0) is 20.8 Å². The summed E-state index contributed by atoms with van der Waals surface area (Å²) in [6.45, 7) is 5.28. The van der Waals surface area contributed by atoms with Crippen LogP contribution in [0.1, 0.15) is 27.2 Å². The van der Waals surface area contributed by atoms with Gasteiger partial charge in [-0.15, -0.1) is 0 Å². The molecular formula is C8H12BrClO. The fourth-order valence-electron chi connectivity index (χ4n) is 0.953. The summed E-state index contributed by atoms with van der Waals surface area (Å²) >= 11 is 9.07. The highest BCUT2D eigenvalue weighted by atomic mass is 79.9. The second-order valence-corrected chi connectivity index (χ2v) is 5.30. The molecule has 0 N–H and O–H groups in total. The minimum atomic E-state index is -0.287. The van der Waals surface area contributed by atoms with Crippen LogP contribution in [0.15, 0.2) is 11.1 Å². The third-order valence-corrected chi connectivity index (χ3v) is 1.71. The third kappa shape index (κ3) is 6.57. The molecule has 1 unspecified atom stereocenters. The highest BCUT2D eigenvalue weighted by molar-refractivity contribution is 9.10. The molecule has 0 amide bonds. The normalized spacial score (nSPS) is 17.7. The zero-order chi connectivity index (χ0) is 9.07. The predicted molar refractivity (Wildman–Crippen MR) is 52.2 cm³/mol. The minimum Gasteiger partial charge on any atom is -0.300 e. The van der Waals surface area contributed by atoms with Crippen LogP contribution in [0.25, 0.3) is 0 Å². The molecule has 0 aliphatic carbocycles. The summed E-state index contributed by atoms with van der Waals surface area (Å²) in [5, 5.41) is 0.700. The van der Waals surface area contributed by atoms with Gasteiger partial charge in [0.2, 0.25) is 0 Å². The maximum atomic E-state index is 10.7. The second kappa shape index (κ2) is 4.27. The van der Waals surface area contributed by atoms with Gasteiger partial charge in [0.1, 0.15) is 5.78 Å². The minimum absolute atomic E-state index is 0.151. The summed E-state index contributed by atoms with van der Waals surface area (Å²) in [6.07, 6.45) is 2.30. The van der Waals surface area contributed by atoms with E-state index in [1.165, 1.54) is 0 Å². The van der Waals surface area contributed by atoms with Gasteiger partial charge in [0, 0.05) is 15.8 Å². The van der Waals surface area contributed by atoms with E-state index in [1.807, 2.05) is 13.0 Å². The summed E-state index contributed by atoms with van der Waals surface area (Å²) in [4.78, 5) is 10.7. The van der Waals surface area contributed by atoms with E-state index in [4.69, 9.17) is 11.6 Å². The lowest BCUT2D eigenvalue weighted by Gasteiger charge is -2.15. The van der Waals surface area contributed by atoms with Crippen molar-refractivity contribution in [2.24, 2.45) is 0 Å². The number of halogens is 2. The van der Waals surface area contributed by atoms with Gasteiger partial charge in [0.15, 0.2) is 0 Å². The zero-order valence-corrected chi connectivity index (χ0v) is 9.29. The SMILES string of the molecule is CC(=O)CC(C)(Br)C=C(C)Cl. The van der Waals surface area contributed by atoms with Crippen LogP contribution in [-0.4, -0.2) is 10.1 Å². The molecule has 0 radical (unpaired) electrons. The molecule has 0 spiro atoms. The van der Waals surface area contributed by atoms with E-state index < -0.39 is 0 Å².